The molecule has 1 aromatic heterocycles. The molecule has 1 N–H and O–H groups in total. The molecule has 9 heteroatoms. The second-order valence-electron chi connectivity index (χ2n) is 5.38. The number of nitrogens with zero attached hydrogens (tertiary/aromatic N) is 4. The van der Waals surface area contributed by atoms with Gasteiger partial charge in [-0.2, -0.15) is 0 Å². The van der Waals surface area contributed by atoms with Gasteiger partial charge in [0.15, 0.2) is 0 Å². The van der Waals surface area contributed by atoms with E-state index in [1.54, 1.807) is 30.3 Å². The first-order valence-electron chi connectivity index (χ1n) is 7.83. The van der Waals surface area contributed by atoms with Crippen LogP contribution in [0.4, 0.5) is 5.69 Å². The summed E-state index contributed by atoms with van der Waals surface area (Å²) >= 11 is 11.9. The zero-order valence-corrected chi connectivity index (χ0v) is 15.1. The van der Waals surface area contributed by atoms with Crippen LogP contribution in [0.3, 0.4) is 0 Å². The lowest BCUT2D eigenvalue weighted by Gasteiger charge is -2.09. The number of halogens is 2. The van der Waals surface area contributed by atoms with Gasteiger partial charge in [0.1, 0.15) is 12.1 Å². The molecule has 1 amide bonds. The van der Waals surface area contributed by atoms with Gasteiger partial charge in [-0.15, -0.1) is 5.10 Å². The highest BCUT2D eigenvalue weighted by Gasteiger charge is 2.06. The average molecular weight is 392 g/mol. The maximum atomic E-state index is 12.0. The lowest BCUT2D eigenvalue weighted by Crippen LogP contribution is -2.13. The molecule has 3 rings (SSSR count). The van der Waals surface area contributed by atoms with Crippen molar-refractivity contribution in [3.63, 3.8) is 0 Å². The van der Waals surface area contributed by atoms with E-state index in [2.05, 4.69) is 20.8 Å². The summed E-state index contributed by atoms with van der Waals surface area (Å²) in [6, 6.07) is 12.2. The van der Waals surface area contributed by atoms with Crippen molar-refractivity contribution in [1.29, 1.82) is 0 Å². The molecule has 0 fully saturated rings. The predicted molar refractivity (Wildman–Crippen MR) is 99.0 cm³/mol. The van der Waals surface area contributed by atoms with E-state index in [1.165, 1.54) is 11.0 Å². The number of anilines is 1. The third kappa shape index (κ3) is 4.93. The summed E-state index contributed by atoms with van der Waals surface area (Å²) in [7, 11) is 0. The summed E-state index contributed by atoms with van der Waals surface area (Å²) in [6.07, 6.45) is 2.40. The standard InChI is InChI=1S/C17H15Cl2N5O2/c18-12-3-8-16(15(19)10-12)26-9-1-2-17(25)21-13-4-6-14(7-5-13)24-11-20-22-23-24/h3-8,10-11H,1-2,9H2,(H,21,25). The van der Waals surface area contributed by atoms with Crippen LogP contribution < -0.4 is 10.1 Å². The number of hydrogen-bond acceptors (Lipinski definition) is 5. The monoisotopic (exact) mass is 391 g/mol. The Balaban J connectivity index is 1.42. The summed E-state index contributed by atoms with van der Waals surface area (Å²) in [4.78, 5) is 12.0. The van der Waals surface area contributed by atoms with Crippen LogP contribution in [0.2, 0.25) is 10.0 Å². The van der Waals surface area contributed by atoms with Crippen molar-refractivity contribution in [1.82, 2.24) is 20.2 Å². The molecule has 0 radical (unpaired) electrons. The van der Waals surface area contributed by atoms with Gasteiger partial charge in [-0.05, 0) is 59.3 Å². The molecule has 3 aromatic rings. The number of ether oxygens (including phenoxy) is 1. The fourth-order valence-corrected chi connectivity index (χ4v) is 2.67. The van der Waals surface area contributed by atoms with Crippen LogP contribution in [0.15, 0.2) is 48.8 Å². The van der Waals surface area contributed by atoms with Crippen molar-refractivity contribution in [2.24, 2.45) is 0 Å². The van der Waals surface area contributed by atoms with E-state index >= 15 is 0 Å². The summed E-state index contributed by atoms with van der Waals surface area (Å²) < 4.78 is 7.09. The van der Waals surface area contributed by atoms with Crippen LogP contribution in [0, 0.1) is 0 Å². The van der Waals surface area contributed by atoms with Crippen molar-refractivity contribution in [2.75, 3.05) is 11.9 Å². The minimum atomic E-state index is -0.0917. The Labute approximate surface area is 159 Å². The van der Waals surface area contributed by atoms with E-state index in [1.807, 2.05) is 12.1 Å². The van der Waals surface area contributed by atoms with Crippen LogP contribution in [0.5, 0.6) is 5.75 Å². The number of carbonyl (C=O) groups excluding carboxylic acids is 1. The van der Waals surface area contributed by atoms with Gasteiger partial charge in [-0.25, -0.2) is 4.68 Å². The molecular formula is C17H15Cl2N5O2. The first-order chi connectivity index (χ1) is 12.6. The topological polar surface area (TPSA) is 81.9 Å². The number of hydrogen-bond donors (Lipinski definition) is 1. The van der Waals surface area contributed by atoms with Crippen molar-refractivity contribution >= 4 is 34.8 Å². The lowest BCUT2D eigenvalue weighted by atomic mass is 10.2. The van der Waals surface area contributed by atoms with Gasteiger partial charge in [0.05, 0.1) is 17.3 Å². The Hall–Kier alpha value is -2.64. The SMILES string of the molecule is O=C(CCCOc1ccc(Cl)cc1Cl)Nc1ccc(-n2cnnn2)cc1. The highest BCUT2D eigenvalue weighted by atomic mass is 35.5. The Bertz CT molecular complexity index is 869. The average Bonchev–Trinajstić information content (AvgIpc) is 3.15. The van der Waals surface area contributed by atoms with Crippen molar-refractivity contribution in [3.05, 3.63) is 58.8 Å². The Morgan fingerprint density at radius 2 is 1.96 bits per heavy atom. The molecule has 26 heavy (non-hydrogen) atoms. The van der Waals surface area contributed by atoms with Crippen LogP contribution >= 0.6 is 23.2 Å². The normalized spacial score (nSPS) is 10.5. The number of rotatable bonds is 7. The fourth-order valence-electron chi connectivity index (χ4n) is 2.21. The minimum Gasteiger partial charge on any atom is -0.492 e. The number of carbonyl (C=O) groups is 1. The Morgan fingerprint density at radius 1 is 1.15 bits per heavy atom. The highest BCUT2D eigenvalue weighted by Crippen LogP contribution is 2.27. The maximum absolute atomic E-state index is 12.0. The predicted octanol–water partition coefficient (Wildman–Crippen LogP) is 3.77. The largest absolute Gasteiger partial charge is 0.492 e. The molecule has 0 bridgehead atoms. The van der Waals surface area contributed by atoms with E-state index in [0.29, 0.717) is 40.9 Å². The Morgan fingerprint density at radius 3 is 2.65 bits per heavy atom. The molecule has 0 aliphatic heterocycles. The number of benzene rings is 2. The van der Waals surface area contributed by atoms with E-state index in [4.69, 9.17) is 27.9 Å². The van der Waals surface area contributed by atoms with Crippen molar-refractivity contribution in [2.45, 2.75) is 12.8 Å². The molecule has 0 spiro atoms. The molecule has 134 valence electrons. The summed E-state index contributed by atoms with van der Waals surface area (Å²) in [5, 5.41) is 14.8. The van der Waals surface area contributed by atoms with Gasteiger partial charge >= 0.3 is 0 Å². The molecule has 0 aliphatic rings. The summed E-state index contributed by atoms with van der Waals surface area (Å²) in [5.41, 5.74) is 1.51. The van der Waals surface area contributed by atoms with Crippen LogP contribution in [0.1, 0.15) is 12.8 Å². The first kappa shape index (κ1) is 18.2. The van der Waals surface area contributed by atoms with Crippen LogP contribution in [-0.2, 0) is 4.79 Å². The first-order valence-corrected chi connectivity index (χ1v) is 8.58. The molecule has 2 aromatic carbocycles. The lowest BCUT2D eigenvalue weighted by molar-refractivity contribution is -0.116. The number of tetrazole rings is 1. The molecular weight excluding hydrogens is 377 g/mol. The fraction of sp³-hybridized carbons (Fsp3) is 0.176. The molecule has 1 heterocycles. The number of amides is 1. The molecule has 0 saturated heterocycles. The van der Waals surface area contributed by atoms with E-state index in [-0.39, 0.29) is 5.91 Å². The quantitative estimate of drug-likeness (QED) is 0.619. The Kier molecular flexibility index (Phi) is 6.04. The van der Waals surface area contributed by atoms with Crippen molar-refractivity contribution in [3.8, 4) is 11.4 Å². The smallest absolute Gasteiger partial charge is 0.224 e. The van der Waals surface area contributed by atoms with E-state index < -0.39 is 0 Å². The molecule has 0 saturated carbocycles. The molecule has 7 nitrogen and oxygen atoms in total. The second-order valence-corrected chi connectivity index (χ2v) is 6.22. The van der Waals surface area contributed by atoms with Crippen LogP contribution in [0.25, 0.3) is 5.69 Å². The summed E-state index contributed by atoms with van der Waals surface area (Å²) in [5.74, 6) is 0.459. The van der Waals surface area contributed by atoms with Gasteiger partial charge in [-0.1, -0.05) is 23.2 Å². The van der Waals surface area contributed by atoms with Crippen molar-refractivity contribution < 1.29 is 9.53 Å². The van der Waals surface area contributed by atoms with E-state index in [0.717, 1.165) is 5.69 Å². The van der Waals surface area contributed by atoms with Gasteiger partial charge in [0.2, 0.25) is 5.91 Å². The minimum absolute atomic E-state index is 0.0917. The third-order valence-corrected chi connectivity index (χ3v) is 3.99. The molecule has 0 atom stereocenters. The molecule has 0 unspecified atom stereocenters. The van der Waals surface area contributed by atoms with Gasteiger partial charge < -0.3 is 10.1 Å². The van der Waals surface area contributed by atoms with Gasteiger partial charge in [0.25, 0.3) is 0 Å². The third-order valence-electron chi connectivity index (χ3n) is 3.46. The summed E-state index contributed by atoms with van der Waals surface area (Å²) in [6.45, 7) is 0.382. The number of nitrogens with one attached hydrogen (secondary N) is 1. The number of aromatic nitrogens is 4. The molecule has 0 aliphatic carbocycles. The highest BCUT2D eigenvalue weighted by molar-refractivity contribution is 6.35. The van der Waals surface area contributed by atoms with Crippen LogP contribution in [-0.4, -0.2) is 32.7 Å². The maximum Gasteiger partial charge on any atom is 0.224 e. The zero-order valence-electron chi connectivity index (χ0n) is 13.6. The second kappa shape index (κ2) is 8.64. The van der Waals surface area contributed by atoms with E-state index in [9.17, 15) is 4.79 Å². The zero-order chi connectivity index (χ0) is 18.4. The van der Waals surface area contributed by atoms with Gasteiger partial charge in [0, 0.05) is 17.1 Å². The van der Waals surface area contributed by atoms with Gasteiger partial charge in [-0.3, -0.25) is 4.79 Å².